The Morgan fingerprint density at radius 3 is 2.81 bits per heavy atom. The minimum atomic E-state index is 0.693. The van der Waals surface area contributed by atoms with E-state index in [1.54, 1.807) is 18.9 Å². The van der Waals surface area contributed by atoms with Crippen molar-refractivity contribution < 1.29 is 4.74 Å². The van der Waals surface area contributed by atoms with Crippen LogP contribution in [0, 0.1) is 0 Å². The van der Waals surface area contributed by atoms with Crippen LogP contribution in [0.3, 0.4) is 0 Å². The van der Waals surface area contributed by atoms with Gasteiger partial charge in [0.05, 0.1) is 12.1 Å². The Morgan fingerprint density at radius 2 is 2.05 bits per heavy atom. The lowest BCUT2D eigenvalue weighted by Gasteiger charge is -2.12. The first-order valence-electron chi connectivity index (χ1n) is 7.09. The number of hydrogen-bond donors (Lipinski definition) is 1. The standard InChI is InChI=1S/C17H18ClNOS/c1-20-14-5-3-6-15(10-14)21-17-12(4-2-7-16(17)18)11-19-13-8-9-13/h2-7,10,13,19H,8-9,11H2,1H3. The van der Waals surface area contributed by atoms with Gasteiger partial charge in [-0.3, -0.25) is 0 Å². The maximum atomic E-state index is 6.40. The molecule has 1 aliphatic carbocycles. The van der Waals surface area contributed by atoms with Crippen LogP contribution in [0.4, 0.5) is 0 Å². The molecular weight excluding hydrogens is 302 g/mol. The molecule has 21 heavy (non-hydrogen) atoms. The van der Waals surface area contributed by atoms with E-state index in [2.05, 4.69) is 17.4 Å². The molecule has 0 unspecified atom stereocenters. The predicted molar refractivity (Wildman–Crippen MR) is 88.4 cm³/mol. The molecule has 0 radical (unpaired) electrons. The van der Waals surface area contributed by atoms with Crippen molar-refractivity contribution in [2.45, 2.75) is 35.2 Å². The van der Waals surface area contributed by atoms with E-state index in [9.17, 15) is 0 Å². The van der Waals surface area contributed by atoms with Gasteiger partial charge < -0.3 is 10.1 Å². The Hall–Kier alpha value is -1.16. The van der Waals surface area contributed by atoms with E-state index in [0.29, 0.717) is 6.04 Å². The second-order valence-electron chi connectivity index (χ2n) is 5.16. The highest BCUT2D eigenvalue weighted by molar-refractivity contribution is 7.99. The van der Waals surface area contributed by atoms with Gasteiger partial charge in [-0.15, -0.1) is 0 Å². The summed E-state index contributed by atoms with van der Waals surface area (Å²) in [6, 6.07) is 14.9. The van der Waals surface area contributed by atoms with Crippen LogP contribution in [-0.4, -0.2) is 13.2 Å². The zero-order valence-corrected chi connectivity index (χ0v) is 13.5. The molecule has 1 fully saturated rings. The Bertz CT molecular complexity index is 628. The Balaban J connectivity index is 1.81. The lowest BCUT2D eigenvalue weighted by molar-refractivity contribution is 0.413. The van der Waals surface area contributed by atoms with E-state index in [0.717, 1.165) is 27.1 Å². The summed E-state index contributed by atoms with van der Waals surface area (Å²) in [7, 11) is 1.68. The number of nitrogens with one attached hydrogen (secondary N) is 1. The summed E-state index contributed by atoms with van der Waals surface area (Å²) >= 11 is 8.09. The maximum Gasteiger partial charge on any atom is 0.119 e. The van der Waals surface area contributed by atoms with E-state index >= 15 is 0 Å². The molecule has 1 aliphatic rings. The zero-order chi connectivity index (χ0) is 14.7. The average molecular weight is 320 g/mol. The summed E-state index contributed by atoms with van der Waals surface area (Å²) in [5.74, 6) is 0.865. The largest absolute Gasteiger partial charge is 0.497 e. The van der Waals surface area contributed by atoms with Crippen LogP contribution in [0.2, 0.25) is 5.02 Å². The molecule has 0 aromatic heterocycles. The fourth-order valence-corrected chi connectivity index (χ4v) is 3.44. The number of methoxy groups -OCH3 is 1. The van der Waals surface area contributed by atoms with Gasteiger partial charge in [0.1, 0.15) is 5.75 Å². The highest BCUT2D eigenvalue weighted by Crippen LogP contribution is 2.37. The second-order valence-corrected chi connectivity index (χ2v) is 6.66. The third-order valence-electron chi connectivity index (χ3n) is 3.47. The molecular formula is C17H18ClNOS. The van der Waals surface area contributed by atoms with Crippen LogP contribution in [0.25, 0.3) is 0 Å². The van der Waals surface area contributed by atoms with Gasteiger partial charge >= 0.3 is 0 Å². The van der Waals surface area contributed by atoms with Crippen molar-refractivity contribution in [3.63, 3.8) is 0 Å². The molecule has 0 saturated heterocycles. The van der Waals surface area contributed by atoms with Crippen LogP contribution in [0.1, 0.15) is 18.4 Å². The molecule has 1 saturated carbocycles. The van der Waals surface area contributed by atoms with E-state index in [1.165, 1.54) is 18.4 Å². The van der Waals surface area contributed by atoms with Gasteiger partial charge in [0.25, 0.3) is 0 Å². The van der Waals surface area contributed by atoms with Crippen molar-refractivity contribution in [3.05, 3.63) is 53.1 Å². The van der Waals surface area contributed by atoms with Gasteiger partial charge in [0.15, 0.2) is 0 Å². The van der Waals surface area contributed by atoms with Crippen molar-refractivity contribution in [3.8, 4) is 5.75 Å². The molecule has 0 spiro atoms. The van der Waals surface area contributed by atoms with Crippen LogP contribution in [0.15, 0.2) is 52.3 Å². The van der Waals surface area contributed by atoms with Crippen LogP contribution in [-0.2, 0) is 6.54 Å². The average Bonchev–Trinajstić information content (AvgIpc) is 3.32. The zero-order valence-electron chi connectivity index (χ0n) is 11.9. The Kier molecular flexibility index (Phi) is 4.73. The van der Waals surface area contributed by atoms with Crippen molar-refractivity contribution in [2.24, 2.45) is 0 Å². The molecule has 2 aromatic carbocycles. The van der Waals surface area contributed by atoms with Crippen molar-refractivity contribution in [2.75, 3.05) is 7.11 Å². The van der Waals surface area contributed by atoms with Crippen LogP contribution in [0.5, 0.6) is 5.75 Å². The summed E-state index contributed by atoms with van der Waals surface area (Å²) in [5, 5.41) is 4.36. The fraction of sp³-hybridized carbons (Fsp3) is 0.294. The van der Waals surface area contributed by atoms with Crippen molar-refractivity contribution in [1.29, 1.82) is 0 Å². The smallest absolute Gasteiger partial charge is 0.119 e. The van der Waals surface area contributed by atoms with Gasteiger partial charge in [-0.1, -0.05) is 41.6 Å². The number of hydrogen-bond acceptors (Lipinski definition) is 3. The van der Waals surface area contributed by atoms with Crippen LogP contribution >= 0.6 is 23.4 Å². The van der Waals surface area contributed by atoms with Gasteiger partial charge in [-0.05, 0) is 42.7 Å². The number of rotatable bonds is 6. The molecule has 3 rings (SSSR count). The minimum absolute atomic E-state index is 0.693. The predicted octanol–water partition coefficient (Wildman–Crippen LogP) is 4.75. The first-order chi connectivity index (χ1) is 10.3. The molecule has 4 heteroatoms. The SMILES string of the molecule is COc1cccc(Sc2c(Cl)cccc2CNC2CC2)c1. The summed E-state index contributed by atoms with van der Waals surface area (Å²) in [6.07, 6.45) is 2.58. The molecule has 1 N–H and O–H groups in total. The third-order valence-corrected chi connectivity index (χ3v) is 5.07. The lowest BCUT2D eigenvalue weighted by atomic mass is 10.2. The molecule has 0 amide bonds. The summed E-state index contributed by atoms with van der Waals surface area (Å²) in [6.45, 7) is 0.873. The number of halogens is 1. The normalized spacial score (nSPS) is 14.2. The quantitative estimate of drug-likeness (QED) is 0.830. The highest BCUT2D eigenvalue weighted by atomic mass is 35.5. The monoisotopic (exact) mass is 319 g/mol. The molecule has 0 aliphatic heterocycles. The maximum absolute atomic E-state index is 6.40. The first-order valence-corrected chi connectivity index (χ1v) is 8.28. The summed E-state index contributed by atoms with van der Waals surface area (Å²) in [4.78, 5) is 2.26. The van der Waals surface area contributed by atoms with E-state index < -0.39 is 0 Å². The molecule has 110 valence electrons. The van der Waals surface area contributed by atoms with E-state index in [4.69, 9.17) is 16.3 Å². The molecule has 2 nitrogen and oxygen atoms in total. The molecule has 0 heterocycles. The van der Waals surface area contributed by atoms with E-state index in [-0.39, 0.29) is 0 Å². The third kappa shape index (κ3) is 3.94. The molecule has 0 bridgehead atoms. The Labute approximate surface area is 134 Å². The fourth-order valence-electron chi connectivity index (χ4n) is 2.13. The van der Waals surface area contributed by atoms with Gasteiger partial charge in [0, 0.05) is 22.4 Å². The first kappa shape index (κ1) is 14.8. The Morgan fingerprint density at radius 1 is 1.24 bits per heavy atom. The molecule has 2 aromatic rings. The summed E-state index contributed by atoms with van der Waals surface area (Å²) < 4.78 is 5.28. The van der Waals surface area contributed by atoms with E-state index in [1.807, 2.05) is 30.3 Å². The second kappa shape index (κ2) is 6.73. The molecule has 0 atom stereocenters. The topological polar surface area (TPSA) is 21.3 Å². The minimum Gasteiger partial charge on any atom is -0.497 e. The van der Waals surface area contributed by atoms with Gasteiger partial charge in [0.2, 0.25) is 0 Å². The lowest BCUT2D eigenvalue weighted by Crippen LogP contribution is -2.15. The highest BCUT2D eigenvalue weighted by Gasteiger charge is 2.21. The van der Waals surface area contributed by atoms with Gasteiger partial charge in [-0.25, -0.2) is 0 Å². The van der Waals surface area contributed by atoms with Crippen molar-refractivity contribution >= 4 is 23.4 Å². The van der Waals surface area contributed by atoms with Crippen LogP contribution < -0.4 is 10.1 Å². The van der Waals surface area contributed by atoms with Gasteiger partial charge in [-0.2, -0.15) is 0 Å². The van der Waals surface area contributed by atoms with Crippen molar-refractivity contribution in [1.82, 2.24) is 5.32 Å². The number of ether oxygens (including phenoxy) is 1. The summed E-state index contributed by atoms with van der Waals surface area (Å²) in [5.41, 5.74) is 1.25. The number of benzene rings is 2.